The summed E-state index contributed by atoms with van der Waals surface area (Å²) in [5.41, 5.74) is 1.91. The number of hydrogen-bond donors (Lipinski definition) is 4. The highest BCUT2D eigenvalue weighted by molar-refractivity contribution is 7.99. The number of benzene rings is 2. The van der Waals surface area contributed by atoms with Gasteiger partial charge in [-0.05, 0) is 43.3 Å². The highest BCUT2D eigenvalue weighted by Crippen LogP contribution is 2.35. The molecule has 0 saturated heterocycles. The number of halogens is 4. The molecule has 0 spiro atoms. The fourth-order valence-electron chi connectivity index (χ4n) is 1.95. The van der Waals surface area contributed by atoms with Crippen LogP contribution in [-0.2, 0) is 4.79 Å². The summed E-state index contributed by atoms with van der Waals surface area (Å²) in [6, 6.07) is 8.50. The van der Waals surface area contributed by atoms with E-state index in [0.29, 0.717) is 16.7 Å². The van der Waals surface area contributed by atoms with Crippen molar-refractivity contribution in [2.75, 3.05) is 11.1 Å². The van der Waals surface area contributed by atoms with Crippen LogP contribution in [0.2, 0.25) is 5.02 Å². The van der Waals surface area contributed by atoms with Crippen molar-refractivity contribution in [3.05, 3.63) is 47.0 Å². The number of carbonyl (C=O) groups is 2. The quantitative estimate of drug-likeness (QED) is 0.529. The van der Waals surface area contributed by atoms with E-state index in [1.54, 1.807) is 6.07 Å². The zero-order valence-electron chi connectivity index (χ0n) is 14.2. The van der Waals surface area contributed by atoms with E-state index in [1.807, 2.05) is 5.32 Å². The Morgan fingerprint density at radius 3 is 2.25 bits per heavy atom. The standard InChI is InChI=1S/C17H14ClF3N2O4S/c1-16(27,17(19,20)21)15(26)23-13-5-3-9(7-11(13)18)28-8-2-4-12(22)10(6-8)14(24)25/h2-7,27H,22H2,1H3,(H,23,26)(H,24,25). The van der Waals surface area contributed by atoms with E-state index in [1.165, 1.54) is 30.3 Å². The maximum atomic E-state index is 12.7. The maximum absolute atomic E-state index is 12.7. The summed E-state index contributed by atoms with van der Waals surface area (Å²) in [5, 5.41) is 20.3. The van der Waals surface area contributed by atoms with Gasteiger partial charge in [-0.1, -0.05) is 23.4 Å². The van der Waals surface area contributed by atoms with Crippen molar-refractivity contribution >= 4 is 46.6 Å². The molecule has 2 aromatic carbocycles. The molecule has 0 saturated carbocycles. The zero-order valence-corrected chi connectivity index (χ0v) is 15.7. The van der Waals surface area contributed by atoms with Gasteiger partial charge in [0.1, 0.15) is 0 Å². The van der Waals surface area contributed by atoms with E-state index >= 15 is 0 Å². The van der Waals surface area contributed by atoms with Gasteiger partial charge in [0, 0.05) is 15.5 Å². The van der Waals surface area contributed by atoms with Crippen LogP contribution in [0.15, 0.2) is 46.2 Å². The molecule has 2 aromatic rings. The molecule has 1 atom stereocenters. The van der Waals surface area contributed by atoms with Crippen molar-refractivity contribution in [2.45, 2.75) is 28.5 Å². The van der Waals surface area contributed by atoms with Crippen molar-refractivity contribution in [3.8, 4) is 0 Å². The third kappa shape index (κ3) is 4.70. The van der Waals surface area contributed by atoms with Crippen LogP contribution < -0.4 is 11.1 Å². The molecule has 150 valence electrons. The van der Waals surface area contributed by atoms with Crippen molar-refractivity contribution in [3.63, 3.8) is 0 Å². The molecule has 28 heavy (non-hydrogen) atoms. The fourth-order valence-corrected chi connectivity index (χ4v) is 3.14. The number of carbonyl (C=O) groups excluding carboxylic acids is 1. The SMILES string of the molecule is CC(O)(C(=O)Nc1ccc(Sc2ccc(N)c(C(=O)O)c2)cc1Cl)C(F)(F)F. The van der Waals surface area contributed by atoms with Gasteiger partial charge in [-0.25, -0.2) is 4.79 Å². The molecule has 0 aliphatic heterocycles. The Morgan fingerprint density at radius 1 is 1.14 bits per heavy atom. The Hall–Kier alpha value is -2.43. The molecular weight excluding hydrogens is 421 g/mol. The number of aliphatic hydroxyl groups is 1. The Morgan fingerprint density at radius 2 is 1.71 bits per heavy atom. The first-order valence-electron chi connectivity index (χ1n) is 7.53. The lowest BCUT2D eigenvalue weighted by Crippen LogP contribution is -2.52. The number of amides is 1. The normalized spacial score (nSPS) is 13.6. The topological polar surface area (TPSA) is 113 Å². The first kappa shape index (κ1) is 21.9. The summed E-state index contributed by atoms with van der Waals surface area (Å²) >= 11 is 7.14. The van der Waals surface area contributed by atoms with Crippen molar-refractivity contribution in [2.24, 2.45) is 0 Å². The van der Waals surface area contributed by atoms with Crippen LogP contribution >= 0.6 is 23.4 Å². The molecule has 5 N–H and O–H groups in total. The summed E-state index contributed by atoms with van der Waals surface area (Å²) in [4.78, 5) is 23.9. The second kappa shape index (κ2) is 7.90. The summed E-state index contributed by atoms with van der Waals surface area (Å²) < 4.78 is 38.1. The Labute approximate surface area is 166 Å². The van der Waals surface area contributed by atoms with Crippen LogP contribution in [0.3, 0.4) is 0 Å². The molecular formula is C17H14ClF3N2O4S. The lowest BCUT2D eigenvalue weighted by molar-refractivity contribution is -0.242. The minimum absolute atomic E-state index is 0.0646. The third-order valence-electron chi connectivity index (χ3n) is 3.67. The molecule has 0 aromatic heterocycles. The Balaban J connectivity index is 2.20. The van der Waals surface area contributed by atoms with Crippen molar-refractivity contribution in [1.82, 2.24) is 0 Å². The van der Waals surface area contributed by atoms with E-state index < -0.39 is 23.7 Å². The molecule has 0 bridgehead atoms. The average molecular weight is 435 g/mol. The molecule has 0 radical (unpaired) electrons. The molecule has 1 amide bonds. The highest BCUT2D eigenvalue weighted by Gasteiger charge is 2.55. The van der Waals surface area contributed by atoms with E-state index in [-0.39, 0.29) is 22.0 Å². The van der Waals surface area contributed by atoms with Crippen LogP contribution in [0.4, 0.5) is 24.5 Å². The van der Waals surface area contributed by atoms with Crippen LogP contribution in [-0.4, -0.2) is 33.9 Å². The van der Waals surface area contributed by atoms with Crippen LogP contribution in [0.25, 0.3) is 0 Å². The third-order valence-corrected chi connectivity index (χ3v) is 4.97. The van der Waals surface area contributed by atoms with Gasteiger partial charge >= 0.3 is 12.1 Å². The average Bonchev–Trinajstić information content (AvgIpc) is 2.57. The number of anilines is 2. The highest BCUT2D eigenvalue weighted by atomic mass is 35.5. The second-order valence-corrected chi connectivity index (χ2v) is 7.38. The van der Waals surface area contributed by atoms with E-state index in [0.717, 1.165) is 11.8 Å². The summed E-state index contributed by atoms with van der Waals surface area (Å²) in [6.07, 6.45) is -5.16. The fraction of sp³-hybridized carbons (Fsp3) is 0.176. The number of alkyl halides is 3. The number of rotatable bonds is 5. The van der Waals surface area contributed by atoms with Gasteiger partial charge in [-0.3, -0.25) is 4.79 Å². The number of nitrogen functional groups attached to an aromatic ring is 1. The largest absolute Gasteiger partial charge is 0.478 e. The van der Waals surface area contributed by atoms with Gasteiger partial charge in [0.15, 0.2) is 0 Å². The lowest BCUT2D eigenvalue weighted by Gasteiger charge is -2.25. The second-order valence-electron chi connectivity index (χ2n) is 5.82. The number of carboxylic acids is 1. The molecule has 0 aliphatic carbocycles. The maximum Gasteiger partial charge on any atom is 0.426 e. The monoisotopic (exact) mass is 434 g/mol. The van der Waals surface area contributed by atoms with Crippen LogP contribution in [0.1, 0.15) is 17.3 Å². The van der Waals surface area contributed by atoms with Crippen LogP contribution in [0, 0.1) is 0 Å². The van der Waals surface area contributed by atoms with Gasteiger partial charge in [0.05, 0.1) is 16.3 Å². The number of carboxylic acid groups (broad SMARTS) is 1. The smallest absolute Gasteiger partial charge is 0.426 e. The van der Waals surface area contributed by atoms with E-state index in [2.05, 4.69) is 0 Å². The molecule has 11 heteroatoms. The van der Waals surface area contributed by atoms with Gasteiger partial charge in [0.25, 0.3) is 5.91 Å². The summed E-state index contributed by atoms with van der Waals surface area (Å²) in [5.74, 6) is -2.86. The van der Waals surface area contributed by atoms with E-state index in [9.17, 15) is 27.9 Å². The van der Waals surface area contributed by atoms with Crippen molar-refractivity contribution in [1.29, 1.82) is 0 Å². The van der Waals surface area contributed by atoms with Gasteiger partial charge < -0.3 is 21.3 Å². The van der Waals surface area contributed by atoms with Gasteiger partial charge in [-0.2, -0.15) is 13.2 Å². The van der Waals surface area contributed by atoms with E-state index in [4.69, 9.17) is 22.4 Å². The number of hydrogen-bond acceptors (Lipinski definition) is 5. The minimum Gasteiger partial charge on any atom is -0.478 e. The Kier molecular flexibility index (Phi) is 6.17. The molecule has 0 fully saturated rings. The number of nitrogens with one attached hydrogen (secondary N) is 1. The predicted octanol–water partition coefficient (Wildman–Crippen LogP) is 4.02. The molecule has 0 aliphatic rings. The molecule has 0 heterocycles. The number of nitrogens with two attached hydrogens (primary N) is 1. The molecule has 6 nitrogen and oxygen atoms in total. The summed E-state index contributed by atoms with van der Waals surface area (Å²) in [6.45, 7) is 0.335. The molecule has 2 rings (SSSR count). The van der Waals surface area contributed by atoms with Gasteiger partial charge in [0.2, 0.25) is 5.60 Å². The minimum atomic E-state index is -5.16. The summed E-state index contributed by atoms with van der Waals surface area (Å²) in [7, 11) is 0. The van der Waals surface area contributed by atoms with Crippen molar-refractivity contribution < 1.29 is 33.0 Å². The number of aromatic carboxylic acids is 1. The lowest BCUT2D eigenvalue weighted by atomic mass is 10.1. The van der Waals surface area contributed by atoms with Crippen LogP contribution in [0.5, 0.6) is 0 Å². The zero-order chi connectivity index (χ0) is 21.3. The molecule has 1 unspecified atom stereocenters. The van der Waals surface area contributed by atoms with Gasteiger partial charge in [-0.15, -0.1) is 0 Å². The first-order valence-corrected chi connectivity index (χ1v) is 8.73. The Bertz CT molecular complexity index is 935. The first-order chi connectivity index (χ1) is 12.8. The predicted molar refractivity (Wildman–Crippen MR) is 98.7 cm³/mol.